The minimum atomic E-state index is -3.11. The van der Waals surface area contributed by atoms with Gasteiger partial charge in [-0.3, -0.25) is 4.57 Å². The van der Waals surface area contributed by atoms with E-state index in [9.17, 15) is 14.3 Å². The van der Waals surface area contributed by atoms with E-state index in [1.807, 2.05) is 7.05 Å². The first-order chi connectivity index (χ1) is 12.5. The monoisotopic (exact) mass is 374 g/mol. The molecule has 0 aromatic carbocycles. The molecule has 10 heteroatoms. The van der Waals surface area contributed by atoms with Gasteiger partial charge in [-0.05, 0) is 43.5 Å². The highest BCUT2D eigenvalue weighted by atomic mass is 31.1. The van der Waals surface area contributed by atoms with Gasteiger partial charge in [0.1, 0.15) is 6.23 Å². The number of aryl methyl sites for hydroxylation is 1. The van der Waals surface area contributed by atoms with Crippen molar-refractivity contribution in [2.45, 2.75) is 57.1 Å². The molecule has 25 heavy (non-hydrogen) atoms. The lowest BCUT2D eigenvalue weighted by Crippen LogP contribution is -2.27. The van der Waals surface area contributed by atoms with E-state index in [1.165, 1.54) is 4.57 Å². The van der Waals surface area contributed by atoms with E-state index in [4.69, 9.17) is 6.17 Å². The lowest BCUT2D eigenvalue weighted by molar-refractivity contribution is -0.199. The normalized spacial score (nSPS) is 24.3. The van der Waals surface area contributed by atoms with Crippen molar-refractivity contribution < 1.29 is 23.8 Å². The van der Waals surface area contributed by atoms with Crippen LogP contribution in [-0.4, -0.2) is 42.1 Å². The smallest absolute Gasteiger partial charge is 0.488 e. The molecule has 0 aliphatic carbocycles. The largest absolute Gasteiger partial charge is 0.566 e. The number of unbranched alkanes of at least 4 members (excludes halogenated alkanes) is 3. The van der Waals surface area contributed by atoms with Crippen molar-refractivity contribution in [3.8, 4) is 0 Å². The maximum absolute atomic E-state index is 12.2. The molecule has 1 aromatic heterocycles. The van der Waals surface area contributed by atoms with Gasteiger partial charge in [-0.25, -0.2) is 4.79 Å². The van der Waals surface area contributed by atoms with E-state index in [0.29, 0.717) is 5.69 Å². The molecule has 0 bridgehead atoms. The molecule has 1 saturated heterocycles. The molecule has 2 heterocycles. The fourth-order valence-corrected chi connectivity index (χ4v) is 3.16. The Morgan fingerprint density at radius 3 is 3.04 bits per heavy atom. The standard InChI is InChI=1S/C15H24N3O6P/c1-16-8-5-3-2-4-6-11-7-9-18(15(20)17-11)13-10-12(14(19)23-13)24-25(21)22/h7,9,12-14,16,19H,2-6,8,10H2,1H3/i19D. The van der Waals surface area contributed by atoms with Gasteiger partial charge in [0, 0.05) is 18.3 Å². The van der Waals surface area contributed by atoms with Crippen LogP contribution in [0.4, 0.5) is 0 Å². The van der Waals surface area contributed by atoms with Gasteiger partial charge in [0.25, 0.3) is 0 Å². The number of rotatable bonds is 11. The van der Waals surface area contributed by atoms with Gasteiger partial charge in [-0.1, -0.05) is 12.8 Å². The molecule has 1 aliphatic heterocycles. The Morgan fingerprint density at radius 2 is 2.36 bits per heavy atom. The van der Waals surface area contributed by atoms with Crippen LogP contribution in [0.5, 0.6) is 0 Å². The Labute approximate surface area is 148 Å². The molecule has 1 fully saturated rings. The van der Waals surface area contributed by atoms with E-state index in [1.54, 1.807) is 12.3 Å². The zero-order valence-electron chi connectivity index (χ0n) is 15.1. The molecular weight excluding hydrogens is 349 g/mol. The van der Waals surface area contributed by atoms with Crippen LogP contribution in [0, 0.1) is 0 Å². The lowest BCUT2D eigenvalue weighted by Gasteiger charge is -2.13. The van der Waals surface area contributed by atoms with E-state index < -0.39 is 32.6 Å². The highest BCUT2D eigenvalue weighted by Crippen LogP contribution is 2.32. The maximum Gasteiger partial charge on any atom is 0.488 e. The Balaban J connectivity index is 1.91. The molecule has 2 rings (SSSR count). The van der Waals surface area contributed by atoms with Crippen LogP contribution >= 0.6 is 8.25 Å². The highest BCUT2D eigenvalue weighted by molar-refractivity contribution is 7.30. The average molecular weight is 374 g/mol. The third-order valence-corrected chi connectivity index (χ3v) is 4.50. The lowest BCUT2D eigenvalue weighted by atomic mass is 10.1. The molecule has 4 unspecified atom stereocenters. The second-order valence-electron chi connectivity index (χ2n) is 5.94. The second kappa shape index (κ2) is 10.1. The summed E-state index contributed by atoms with van der Waals surface area (Å²) in [7, 11) is -1.18. The zero-order chi connectivity index (χ0) is 18.9. The quantitative estimate of drug-likeness (QED) is 0.416. The van der Waals surface area contributed by atoms with Gasteiger partial charge >= 0.3 is 13.9 Å². The van der Waals surface area contributed by atoms with Gasteiger partial charge in [0.2, 0.25) is 1.43 Å². The Bertz CT molecular complexity index is 646. The van der Waals surface area contributed by atoms with Crippen LogP contribution in [0.2, 0.25) is 0 Å². The van der Waals surface area contributed by atoms with Crippen LogP contribution in [0.25, 0.3) is 0 Å². The van der Waals surface area contributed by atoms with Crippen LogP contribution in [0.15, 0.2) is 17.1 Å². The average Bonchev–Trinajstić information content (AvgIpc) is 3.00. The summed E-state index contributed by atoms with van der Waals surface area (Å²) in [4.78, 5) is 27.0. The minimum absolute atomic E-state index is 0.0687. The second-order valence-corrected chi connectivity index (χ2v) is 6.60. The van der Waals surface area contributed by atoms with Crippen LogP contribution in [0.3, 0.4) is 0 Å². The van der Waals surface area contributed by atoms with Gasteiger partial charge in [-0.2, -0.15) is 4.98 Å². The number of hydrogen-bond acceptors (Lipinski definition) is 8. The molecule has 1 aliphatic rings. The van der Waals surface area contributed by atoms with Gasteiger partial charge < -0.3 is 20.1 Å². The summed E-state index contributed by atoms with van der Waals surface area (Å²) in [6, 6.07) is 1.75. The Kier molecular flexibility index (Phi) is 7.47. The SMILES string of the molecule is [2H]OC1OC(n2ccc(CCCCCCNC)nc2=O)CC1O[P+](=O)[O-]. The molecule has 140 valence electrons. The van der Waals surface area contributed by atoms with Crippen LogP contribution in [-0.2, 0) is 20.2 Å². The zero-order valence-corrected chi connectivity index (χ0v) is 15.0. The Hall–Kier alpha value is -1.22. The van der Waals surface area contributed by atoms with E-state index in [0.717, 1.165) is 38.6 Å². The van der Waals surface area contributed by atoms with Crippen molar-refractivity contribution in [3.05, 3.63) is 28.4 Å². The molecule has 2 N–H and O–H groups in total. The summed E-state index contributed by atoms with van der Waals surface area (Å²) in [6.07, 6.45) is 3.71. The van der Waals surface area contributed by atoms with Crippen LogP contribution < -0.4 is 15.9 Å². The summed E-state index contributed by atoms with van der Waals surface area (Å²) < 4.78 is 29.0. The molecule has 9 nitrogen and oxygen atoms in total. The molecule has 0 spiro atoms. The summed E-state index contributed by atoms with van der Waals surface area (Å²) in [6.45, 7) is 1.00. The number of aliphatic hydroxyl groups excluding tert-OH is 1. The van der Waals surface area contributed by atoms with E-state index in [2.05, 4.69) is 19.9 Å². The number of hydrogen-bond donors (Lipinski definition) is 2. The van der Waals surface area contributed by atoms with Crippen LogP contribution in [0.1, 0.15) is 44.0 Å². The number of nitrogens with zero attached hydrogens (tertiary/aromatic N) is 2. The number of aromatic nitrogens is 2. The highest BCUT2D eigenvalue weighted by Gasteiger charge is 2.39. The van der Waals surface area contributed by atoms with Crippen molar-refractivity contribution in [1.82, 2.24) is 14.9 Å². The van der Waals surface area contributed by atoms with Gasteiger partial charge in [0.05, 0.1) is 0 Å². The Morgan fingerprint density at radius 1 is 1.56 bits per heavy atom. The van der Waals surface area contributed by atoms with E-state index in [-0.39, 0.29) is 6.42 Å². The van der Waals surface area contributed by atoms with Crippen molar-refractivity contribution in [2.75, 3.05) is 13.6 Å². The molecule has 0 amide bonds. The number of aliphatic hydroxyl groups is 1. The third-order valence-electron chi connectivity index (χ3n) is 4.06. The number of nitrogens with one attached hydrogen (secondary N) is 1. The van der Waals surface area contributed by atoms with Crippen molar-refractivity contribution >= 4 is 8.25 Å². The van der Waals surface area contributed by atoms with E-state index >= 15 is 0 Å². The molecule has 0 saturated carbocycles. The molecular formula is C15H24N3O6P. The summed E-state index contributed by atoms with van der Waals surface area (Å²) in [5.41, 5.74) is 0.222. The third kappa shape index (κ3) is 6.22. The van der Waals surface area contributed by atoms with Gasteiger partial charge in [0.15, 0.2) is 12.4 Å². The summed E-state index contributed by atoms with van der Waals surface area (Å²) in [5, 5.41) is 7.43. The predicted molar refractivity (Wildman–Crippen MR) is 87.8 cm³/mol. The fraction of sp³-hybridized carbons (Fsp3) is 0.733. The first-order valence-electron chi connectivity index (χ1n) is 8.77. The first-order valence-corrected chi connectivity index (χ1v) is 9.46. The molecule has 1 aromatic rings. The molecule has 0 radical (unpaired) electrons. The van der Waals surface area contributed by atoms with Crippen molar-refractivity contribution in [1.29, 1.82) is 1.43 Å². The molecule has 4 atom stereocenters. The first kappa shape index (κ1) is 18.6. The maximum atomic E-state index is 12.2. The topological polar surface area (TPSA) is 126 Å². The van der Waals surface area contributed by atoms with Gasteiger partial charge in [-0.15, -0.1) is 4.52 Å². The fourth-order valence-electron chi connectivity index (χ4n) is 2.76. The minimum Gasteiger partial charge on any atom is -0.566 e. The predicted octanol–water partition coefficient (Wildman–Crippen LogP) is 0.206. The van der Waals surface area contributed by atoms with Crippen molar-refractivity contribution in [2.24, 2.45) is 0 Å². The number of ether oxygens (including phenoxy) is 1. The summed E-state index contributed by atoms with van der Waals surface area (Å²) >= 11 is 0. The summed E-state index contributed by atoms with van der Waals surface area (Å²) in [5.74, 6) is 0. The van der Waals surface area contributed by atoms with Crippen molar-refractivity contribution in [3.63, 3.8) is 0 Å².